The molecule has 2 aromatic rings. The van der Waals surface area contributed by atoms with Crippen LogP contribution in [0.15, 0.2) is 48.5 Å². The second kappa shape index (κ2) is 18.0. The summed E-state index contributed by atoms with van der Waals surface area (Å²) in [7, 11) is 0. The number of fused-ring (bicyclic) bond motifs is 3. The lowest BCUT2D eigenvalue weighted by Crippen LogP contribution is -2.61. The number of thioether (sulfide) groups is 1. The van der Waals surface area contributed by atoms with Gasteiger partial charge in [0.15, 0.2) is 6.10 Å². The molecule has 238 valence electrons. The molecule has 0 saturated carbocycles. The summed E-state index contributed by atoms with van der Waals surface area (Å²) in [4.78, 5) is 13.4. The van der Waals surface area contributed by atoms with Crippen LogP contribution in [0, 0.1) is 0 Å². The Hall–Kier alpha value is -2.10. The molecule has 0 radical (unpaired) electrons. The van der Waals surface area contributed by atoms with Crippen molar-refractivity contribution in [1.82, 2.24) is 0 Å². The molecule has 4 rings (SSSR count). The topological polar surface area (TPSA) is 72.5 Å². The minimum absolute atomic E-state index is 0.0530. The zero-order valence-electron chi connectivity index (χ0n) is 26.3. The summed E-state index contributed by atoms with van der Waals surface area (Å²) < 4.78 is 37.5. The predicted octanol–water partition coefficient (Wildman–Crippen LogP) is 7.99. The van der Waals surface area contributed by atoms with Gasteiger partial charge in [-0.15, -0.1) is 11.8 Å². The number of benzene rings is 2. The van der Waals surface area contributed by atoms with Crippen molar-refractivity contribution in [2.24, 2.45) is 0 Å². The van der Waals surface area contributed by atoms with E-state index in [-0.39, 0.29) is 24.1 Å². The van der Waals surface area contributed by atoms with Gasteiger partial charge in [-0.25, -0.2) is 4.79 Å². The molecule has 0 amide bonds. The van der Waals surface area contributed by atoms with Gasteiger partial charge >= 0.3 is 6.16 Å². The molecule has 7 nitrogen and oxygen atoms in total. The van der Waals surface area contributed by atoms with Crippen LogP contribution in [0.1, 0.15) is 83.3 Å². The zero-order valence-corrected chi connectivity index (χ0v) is 27.2. The van der Waals surface area contributed by atoms with E-state index in [9.17, 15) is 4.79 Å². The Labute approximate surface area is 262 Å². The number of carbonyl (C=O) groups excluding carboxylic acids is 1. The van der Waals surface area contributed by atoms with Gasteiger partial charge in [-0.1, -0.05) is 95.5 Å². The molecule has 8 heteroatoms. The first kappa shape index (κ1) is 33.8. The summed E-state index contributed by atoms with van der Waals surface area (Å²) in [6.45, 7) is 10.8. The Morgan fingerprint density at radius 1 is 0.744 bits per heavy atom. The van der Waals surface area contributed by atoms with Gasteiger partial charge in [-0.3, -0.25) is 0 Å². The van der Waals surface area contributed by atoms with E-state index in [0.717, 1.165) is 55.4 Å². The molecule has 2 aromatic carbocycles. The number of hydrogen-bond acceptors (Lipinski definition) is 8. The first-order valence-corrected chi connectivity index (χ1v) is 17.3. The van der Waals surface area contributed by atoms with Gasteiger partial charge in [0.1, 0.15) is 30.4 Å². The molecule has 0 spiro atoms. The Morgan fingerprint density at radius 3 is 1.93 bits per heavy atom. The number of hydrogen-bond donors (Lipinski definition) is 0. The summed E-state index contributed by atoms with van der Waals surface area (Å²) in [5.74, 6) is 0.809. The van der Waals surface area contributed by atoms with Gasteiger partial charge in [-0.2, -0.15) is 0 Å². The maximum atomic E-state index is 13.4. The molecule has 1 aliphatic heterocycles. The molecule has 0 N–H and O–H groups in total. The Kier molecular flexibility index (Phi) is 14.2. The van der Waals surface area contributed by atoms with Crippen molar-refractivity contribution >= 4 is 17.9 Å². The first-order chi connectivity index (χ1) is 21.1. The second-order valence-corrected chi connectivity index (χ2v) is 12.6. The van der Waals surface area contributed by atoms with Crippen molar-refractivity contribution in [2.75, 3.05) is 38.8 Å². The van der Waals surface area contributed by atoms with Crippen molar-refractivity contribution in [3.63, 3.8) is 0 Å². The van der Waals surface area contributed by atoms with Crippen LogP contribution in [-0.4, -0.2) is 74.8 Å². The van der Waals surface area contributed by atoms with E-state index in [1.165, 1.54) is 11.1 Å². The normalized spacial score (nSPS) is 23.1. The highest BCUT2D eigenvalue weighted by Crippen LogP contribution is 2.44. The van der Waals surface area contributed by atoms with Gasteiger partial charge in [0.2, 0.25) is 0 Å². The molecule has 0 bridgehead atoms. The minimum atomic E-state index is -0.730. The fourth-order valence-electron chi connectivity index (χ4n) is 5.73. The molecule has 5 atom stereocenters. The van der Waals surface area contributed by atoms with Gasteiger partial charge in [0.25, 0.3) is 0 Å². The maximum absolute atomic E-state index is 13.4. The molecule has 1 fully saturated rings. The summed E-state index contributed by atoms with van der Waals surface area (Å²) in [6, 6.07) is 16.6. The van der Waals surface area contributed by atoms with Gasteiger partial charge in [0, 0.05) is 25.7 Å². The molecule has 2 unspecified atom stereocenters. The highest BCUT2D eigenvalue weighted by Gasteiger charge is 2.50. The van der Waals surface area contributed by atoms with Crippen LogP contribution >= 0.6 is 11.8 Å². The molecule has 43 heavy (non-hydrogen) atoms. The lowest BCUT2D eigenvalue weighted by molar-refractivity contribution is -0.238. The maximum Gasteiger partial charge on any atom is 0.508 e. The van der Waals surface area contributed by atoms with Gasteiger partial charge < -0.3 is 28.4 Å². The van der Waals surface area contributed by atoms with Crippen LogP contribution in [-0.2, 0) is 28.4 Å². The number of ether oxygens (including phenoxy) is 6. The van der Waals surface area contributed by atoms with Crippen molar-refractivity contribution in [3.05, 3.63) is 59.7 Å². The highest BCUT2D eigenvalue weighted by molar-refractivity contribution is 7.99. The van der Waals surface area contributed by atoms with Crippen molar-refractivity contribution in [2.45, 2.75) is 102 Å². The molecule has 1 heterocycles. The highest BCUT2D eigenvalue weighted by atomic mass is 32.2. The quantitative estimate of drug-likeness (QED) is 0.124. The van der Waals surface area contributed by atoms with E-state index in [1.54, 1.807) is 11.8 Å². The van der Waals surface area contributed by atoms with Crippen molar-refractivity contribution in [1.29, 1.82) is 0 Å². The average molecular weight is 615 g/mol. The Morgan fingerprint density at radius 2 is 1.33 bits per heavy atom. The molecule has 1 aliphatic carbocycles. The van der Waals surface area contributed by atoms with Crippen LogP contribution < -0.4 is 0 Å². The van der Waals surface area contributed by atoms with Crippen LogP contribution in [0.25, 0.3) is 11.1 Å². The van der Waals surface area contributed by atoms with Crippen LogP contribution in [0.5, 0.6) is 0 Å². The molecular weight excluding hydrogens is 564 g/mol. The lowest BCUT2D eigenvalue weighted by atomic mass is 9.98. The van der Waals surface area contributed by atoms with Crippen LogP contribution in [0.3, 0.4) is 0 Å². The number of rotatable bonds is 18. The Bertz CT molecular complexity index is 1070. The SMILES string of the molecule is CCCCOCC1O[C@@H](SCC)[C@@H](OCCCC)C(OCCCC)[C@H]1OC(=O)OCC1c2ccccc2-c2ccccc21. The standard InChI is InChI=1S/C35H50O7S/c1-5-9-20-37-24-30-31(32(38-21-10-6-2)33(39-22-11-7-3)34(41-30)43-8-4)42-35(36)40-23-29-27-18-14-12-16-25(27)26-17-13-15-19-28(26)29/h12-19,29-34H,5-11,20-24H2,1-4H3/t30?,31-,32?,33-,34-/m0/s1. The summed E-state index contributed by atoms with van der Waals surface area (Å²) in [6.07, 6.45) is 3.01. The third-order valence-electron chi connectivity index (χ3n) is 8.03. The van der Waals surface area contributed by atoms with E-state index in [4.69, 9.17) is 28.4 Å². The van der Waals surface area contributed by atoms with Crippen LogP contribution in [0.2, 0.25) is 0 Å². The largest absolute Gasteiger partial charge is 0.508 e. The van der Waals surface area contributed by atoms with Crippen molar-refractivity contribution < 1.29 is 33.2 Å². The van der Waals surface area contributed by atoms with E-state index >= 15 is 0 Å². The lowest BCUT2D eigenvalue weighted by Gasteiger charge is -2.45. The average Bonchev–Trinajstić information content (AvgIpc) is 3.34. The fraction of sp³-hybridized carbons (Fsp3) is 0.629. The third-order valence-corrected chi connectivity index (χ3v) is 9.07. The number of carbonyl (C=O) groups is 1. The van der Waals surface area contributed by atoms with E-state index in [0.29, 0.717) is 26.4 Å². The summed E-state index contributed by atoms with van der Waals surface area (Å²) in [5, 5.41) is 0. The summed E-state index contributed by atoms with van der Waals surface area (Å²) in [5.41, 5.74) is 4.42. The smallest absolute Gasteiger partial charge is 0.433 e. The summed E-state index contributed by atoms with van der Waals surface area (Å²) >= 11 is 1.69. The van der Waals surface area contributed by atoms with Crippen molar-refractivity contribution in [3.8, 4) is 11.1 Å². The van der Waals surface area contributed by atoms with E-state index in [1.807, 2.05) is 24.3 Å². The minimum Gasteiger partial charge on any atom is -0.433 e. The third kappa shape index (κ3) is 8.98. The molecule has 1 saturated heterocycles. The van der Waals surface area contributed by atoms with Gasteiger partial charge in [0.05, 0.1) is 6.61 Å². The first-order valence-electron chi connectivity index (χ1n) is 16.2. The van der Waals surface area contributed by atoms with Crippen LogP contribution in [0.4, 0.5) is 4.79 Å². The zero-order chi connectivity index (χ0) is 30.4. The molecule has 0 aromatic heterocycles. The number of unbranched alkanes of at least 4 members (excludes halogenated alkanes) is 3. The Balaban J connectivity index is 1.52. The van der Waals surface area contributed by atoms with Gasteiger partial charge in [-0.05, 0) is 47.3 Å². The monoisotopic (exact) mass is 614 g/mol. The molecular formula is C35H50O7S. The predicted molar refractivity (Wildman–Crippen MR) is 172 cm³/mol. The fourth-order valence-corrected chi connectivity index (χ4v) is 6.70. The second-order valence-electron chi connectivity index (χ2n) is 11.2. The van der Waals surface area contributed by atoms with E-state index < -0.39 is 24.5 Å². The molecule has 2 aliphatic rings. The van der Waals surface area contributed by atoms with E-state index in [2.05, 4.69) is 52.0 Å².